The summed E-state index contributed by atoms with van der Waals surface area (Å²) in [5, 5.41) is 15.9. The van der Waals surface area contributed by atoms with Crippen LogP contribution in [-0.4, -0.2) is 9.97 Å². The molecule has 0 fully saturated rings. The van der Waals surface area contributed by atoms with Crippen molar-refractivity contribution >= 4 is 33.1 Å². The molecular weight excluding hydrogens is 364 g/mol. The minimum atomic E-state index is 0.597. The average molecular weight is 382 g/mol. The van der Waals surface area contributed by atoms with Crippen LogP contribution in [0.4, 0.5) is 11.5 Å². The molecule has 2 aromatic heterocycles. The lowest BCUT2D eigenvalue weighted by atomic mass is 9.89. The number of benzene rings is 2. The number of nitriles is 1. The Morgan fingerprint density at radius 2 is 1.86 bits per heavy atom. The molecule has 0 saturated heterocycles. The van der Waals surface area contributed by atoms with Crippen LogP contribution >= 0.6 is 11.3 Å². The van der Waals surface area contributed by atoms with Gasteiger partial charge in [0, 0.05) is 10.9 Å². The van der Waals surface area contributed by atoms with Gasteiger partial charge in [0.1, 0.15) is 23.0 Å². The molecule has 1 N–H and O–H groups in total. The third-order valence-electron chi connectivity index (χ3n) is 5.33. The molecule has 136 valence electrons. The topological polar surface area (TPSA) is 61.6 Å². The van der Waals surface area contributed by atoms with Gasteiger partial charge in [0.25, 0.3) is 0 Å². The molecule has 1 aliphatic carbocycles. The van der Waals surface area contributed by atoms with E-state index in [2.05, 4.69) is 44.9 Å². The molecule has 5 rings (SSSR count). The molecule has 0 unspecified atom stereocenters. The van der Waals surface area contributed by atoms with E-state index < -0.39 is 0 Å². The zero-order valence-corrected chi connectivity index (χ0v) is 16.1. The molecule has 28 heavy (non-hydrogen) atoms. The summed E-state index contributed by atoms with van der Waals surface area (Å²) in [7, 11) is 0. The highest BCUT2D eigenvalue weighted by molar-refractivity contribution is 7.17. The van der Waals surface area contributed by atoms with Gasteiger partial charge in [-0.25, -0.2) is 9.97 Å². The Hall–Kier alpha value is -3.23. The first-order valence-electron chi connectivity index (χ1n) is 9.44. The quantitative estimate of drug-likeness (QED) is 0.482. The predicted molar refractivity (Wildman–Crippen MR) is 114 cm³/mol. The van der Waals surface area contributed by atoms with Crippen molar-refractivity contribution in [3.8, 4) is 17.2 Å². The van der Waals surface area contributed by atoms with E-state index in [4.69, 9.17) is 0 Å². The van der Waals surface area contributed by atoms with Gasteiger partial charge in [-0.05, 0) is 54.5 Å². The first-order chi connectivity index (χ1) is 13.8. The fraction of sp³-hybridized carbons (Fsp3) is 0.174. The Kier molecular flexibility index (Phi) is 4.27. The van der Waals surface area contributed by atoms with E-state index in [0.717, 1.165) is 33.7 Å². The summed E-state index contributed by atoms with van der Waals surface area (Å²) >= 11 is 1.62. The number of aryl methyl sites for hydroxylation is 2. The monoisotopic (exact) mass is 382 g/mol. The Labute approximate surface area is 167 Å². The molecule has 0 aliphatic heterocycles. The molecule has 0 amide bonds. The average Bonchev–Trinajstić information content (AvgIpc) is 3.19. The maximum absolute atomic E-state index is 9.39. The van der Waals surface area contributed by atoms with Gasteiger partial charge < -0.3 is 5.32 Å². The zero-order chi connectivity index (χ0) is 18.9. The van der Waals surface area contributed by atoms with E-state index in [1.54, 1.807) is 23.7 Å². The second-order valence-corrected chi connectivity index (χ2v) is 7.88. The van der Waals surface area contributed by atoms with E-state index in [9.17, 15) is 5.26 Å². The van der Waals surface area contributed by atoms with Gasteiger partial charge in [-0.15, -0.1) is 11.3 Å². The number of aromatic nitrogens is 2. The largest absolute Gasteiger partial charge is 0.338 e. The molecular formula is C23H18N4S. The van der Waals surface area contributed by atoms with Crippen molar-refractivity contribution in [3.63, 3.8) is 0 Å². The minimum absolute atomic E-state index is 0.597. The molecule has 4 nitrogen and oxygen atoms in total. The van der Waals surface area contributed by atoms with Crippen molar-refractivity contribution < 1.29 is 0 Å². The van der Waals surface area contributed by atoms with Crippen LogP contribution in [0, 0.1) is 11.3 Å². The number of hydrogen-bond donors (Lipinski definition) is 1. The van der Waals surface area contributed by atoms with E-state index in [0.29, 0.717) is 5.56 Å². The Morgan fingerprint density at radius 1 is 1.00 bits per heavy atom. The van der Waals surface area contributed by atoms with E-state index in [1.165, 1.54) is 36.0 Å². The number of rotatable bonds is 3. The summed E-state index contributed by atoms with van der Waals surface area (Å²) in [6.45, 7) is 0. The lowest BCUT2D eigenvalue weighted by molar-refractivity contribution is 0.686. The van der Waals surface area contributed by atoms with Gasteiger partial charge in [0.05, 0.1) is 16.6 Å². The molecule has 0 bridgehead atoms. The van der Waals surface area contributed by atoms with Crippen molar-refractivity contribution in [1.82, 2.24) is 9.97 Å². The second-order valence-electron chi connectivity index (χ2n) is 7.02. The molecule has 2 aromatic carbocycles. The standard InChI is InChI=1S/C23H18N4S/c24-12-18-7-3-4-8-20(18)27-22-21-19(13-28-23(21)26-14-25-22)17-10-9-15-5-1-2-6-16(15)11-17/h3-4,7-11,13-14H,1-2,5-6H2,(H,25,26,27). The lowest BCUT2D eigenvalue weighted by Crippen LogP contribution is -2.02. The maximum Gasteiger partial charge on any atom is 0.143 e. The van der Waals surface area contributed by atoms with Crippen LogP contribution in [0.15, 0.2) is 54.2 Å². The molecule has 0 radical (unpaired) electrons. The number of fused-ring (bicyclic) bond motifs is 2. The molecule has 0 saturated carbocycles. The van der Waals surface area contributed by atoms with Crippen molar-refractivity contribution in [2.45, 2.75) is 25.7 Å². The highest BCUT2D eigenvalue weighted by atomic mass is 32.1. The third-order valence-corrected chi connectivity index (χ3v) is 6.22. The number of nitrogens with one attached hydrogen (secondary N) is 1. The SMILES string of the molecule is N#Cc1ccccc1Nc1ncnc2scc(-c3ccc4c(c3)CCCC4)c12. The normalized spacial score (nSPS) is 13.1. The van der Waals surface area contributed by atoms with Crippen LogP contribution in [0.25, 0.3) is 21.3 Å². The van der Waals surface area contributed by atoms with Crippen LogP contribution in [-0.2, 0) is 12.8 Å². The summed E-state index contributed by atoms with van der Waals surface area (Å²) in [6.07, 6.45) is 6.46. The molecule has 4 aromatic rings. The van der Waals surface area contributed by atoms with Crippen molar-refractivity contribution in [3.05, 3.63) is 70.9 Å². The number of para-hydroxylation sites is 1. The smallest absolute Gasteiger partial charge is 0.143 e. The number of thiophene rings is 1. The fourth-order valence-electron chi connectivity index (χ4n) is 3.90. The zero-order valence-electron chi connectivity index (χ0n) is 15.3. The van der Waals surface area contributed by atoms with Crippen LogP contribution in [0.3, 0.4) is 0 Å². The molecule has 1 aliphatic rings. The van der Waals surface area contributed by atoms with Gasteiger partial charge in [0.15, 0.2) is 0 Å². The van der Waals surface area contributed by atoms with E-state index >= 15 is 0 Å². The van der Waals surface area contributed by atoms with Gasteiger partial charge >= 0.3 is 0 Å². The van der Waals surface area contributed by atoms with Crippen LogP contribution in [0.2, 0.25) is 0 Å². The number of hydrogen-bond acceptors (Lipinski definition) is 5. The highest BCUT2D eigenvalue weighted by Gasteiger charge is 2.16. The van der Waals surface area contributed by atoms with Crippen molar-refractivity contribution in [2.24, 2.45) is 0 Å². The lowest BCUT2D eigenvalue weighted by Gasteiger charge is -2.16. The van der Waals surface area contributed by atoms with Gasteiger partial charge in [-0.3, -0.25) is 0 Å². The summed E-state index contributed by atoms with van der Waals surface area (Å²) in [5.41, 5.74) is 6.65. The van der Waals surface area contributed by atoms with E-state index in [-0.39, 0.29) is 0 Å². The van der Waals surface area contributed by atoms with Crippen molar-refractivity contribution in [2.75, 3.05) is 5.32 Å². The van der Waals surface area contributed by atoms with E-state index in [1.807, 2.05) is 18.2 Å². The third kappa shape index (κ3) is 2.92. The number of anilines is 2. The van der Waals surface area contributed by atoms with Crippen LogP contribution < -0.4 is 5.32 Å². The summed E-state index contributed by atoms with van der Waals surface area (Å²) < 4.78 is 0. The predicted octanol–water partition coefficient (Wildman–Crippen LogP) is 5.85. The van der Waals surface area contributed by atoms with Gasteiger partial charge in [-0.2, -0.15) is 5.26 Å². The van der Waals surface area contributed by atoms with Crippen LogP contribution in [0.5, 0.6) is 0 Å². The first-order valence-corrected chi connectivity index (χ1v) is 10.3. The first kappa shape index (κ1) is 16.9. The van der Waals surface area contributed by atoms with Crippen molar-refractivity contribution in [1.29, 1.82) is 5.26 Å². The van der Waals surface area contributed by atoms with Crippen LogP contribution in [0.1, 0.15) is 29.5 Å². The Balaban J connectivity index is 1.63. The molecule has 5 heteroatoms. The molecule has 2 heterocycles. The Morgan fingerprint density at radius 3 is 2.75 bits per heavy atom. The van der Waals surface area contributed by atoms with Gasteiger partial charge in [0.2, 0.25) is 0 Å². The molecule has 0 atom stereocenters. The summed E-state index contributed by atoms with van der Waals surface area (Å²) in [6, 6.07) is 16.5. The number of nitrogens with zero attached hydrogens (tertiary/aromatic N) is 3. The summed E-state index contributed by atoms with van der Waals surface area (Å²) in [4.78, 5) is 9.90. The summed E-state index contributed by atoms with van der Waals surface area (Å²) in [5.74, 6) is 0.738. The maximum atomic E-state index is 9.39. The fourth-order valence-corrected chi connectivity index (χ4v) is 4.82. The molecule has 0 spiro atoms. The van der Waals surface area contributed by atoms with Gasteiger partial charge in [-0.1, -0.05) is 30.3 Å². The highest BCUT2D eigenvalue weighted by Crippen LogP contribution is 2.39. The second kappa shape index (κ2) is 7.06. The Bertz CT molecular complexity index is 1220. The minimum Gasteiger partial charge on any atom is -0.338 e.